The number of carbonyl (C=O) groups is 1. The largest absolute Gasteiger partial charge is 0.414 e. The molecule has 5 heteroatoms. The zero-order valence-electron chi connectivity index (χ0n) is 5.94. The van der Waals surface area contributed by atoms with Crippen LogP contribution < -0.4 is 10.1 Å². The minimum Gasteiger partial charge on any atom is -0.374 e. The van der Waals surface area contributed by atoms with E-state index in [1.165, 1.54) is 19.4 Å². The van der Waals surface area contributed by atoms with Crippen LogP contribution in [0.2, 0.25) is 0 Å². The fraction of sp³-hybridized carbons (Fsp3) is 0.167. The zero-order chi connectivity index (χ0) is 8.10. The highest BCUT2D eigenvalue weighted by molar-refractivity contribution is 5.68. The molecular formula is C6H7N3O2. The summed E-state index contributed by atoms with van der Waals surface area (Å²) >= 11 is 0. The Morgan fingerprint density at radius 3 is 2.73 bits per heavy atom. The van der Waals surface area contributed by atoms with Crippen LogP contribution in [0.25, 0.3) is 0 Å². The molecule has 0 unspecified atom stereocenters. The van der Waals surface area contributed by atoms with Gasteiger partial charge in [-0.25, -0.2) is 14.8 Å². The first kappa shape index (κ1) is 7.46. The van der Waals surface area contributed by atoms with Crippen LogP contribution in [0.3, 0.4) is 0 Å². The van der Waals surface area contributed by atoms with Crippen LogP contribution >= 0.6 is 0 Å². The number of hydrogen-bond acceptors (Lipinski definition) is 4. The molecule has 1 rings (SSSR count). The second kappa shape index (κ2) is 3.50. The van der Waals surface area contributed by atoms with E-state index < -0.39 is 6.09 Å². The van der Waals surface area contributed by atoms with Crippen molar-refractivity contribution in [2.45, 2.75) is 0 Å². The number of carbonyl (C=O) groups excluding carboxylic acids is 1. The van der Waals surface area contributed by atoms with Crippen molar-refractivity contribution in [3.8, 4) is 6.01 Å². The minimum absolute atomic E-state index is 0.0480. The third-order valence-electron chi connectivity index (χ3n) is 0.930. The molecule has 1 aromatic heterocycles. The third-order valence-corrected chi connectivity index (χ3v) is 0.930. The van der Waals surface area contributed by atoms with E-state index in [1.807, 2.05) is 0 Å². The van der Waals surface area contributed by atoms with Gasteiger partial charge in [-0.05, 0) is 6.07 Å². The Labute approximate surface area is 63.4 Å². The van der Waals surface area contributed by atoms with E-state index in [2.05, 4.69) is 20.0 Å². The summed E-state index contributed by atoms with van der Waals surface area (Å²) in [5.41, 5.74) is 0. The van der Waals surface area contributed by atoms with E-state index >= 15 is 0 Å². The summed E-state index contributed by atoms with van der Waals surface area (Å²) in [6.45, 7) is 0. The highest BCUT2D eigenvalue weighted by Gasteiger charge is 2.00. The third kappa shape index (κ3) is 2.21. The summed E-state index contributed by atoms with van der Waals surface area (Å²) in [7, 11) is 1.46. The van der Waals surface area contributed by atoms with Gasteiger partial charge in [0.2, 0.25) is 0 Å². The molecule has 0 fully saturated rings. The molecule has 0 aliphatic heterocycles. The lowest BCUT2D eigenvalue weighted by Crippen LogP contribution is -2.22. The molecule has 1 aromatic rings. The fourth-order valence-electron chi connectivity index (χ4n) is 0.472. The summed E-state index contributed by atoms with van der Waals surface area (Å²) in [4.78, 5) is 17.9. The first-order chi connectivity index (χ1) is 5.33. The van der Waals surface area contributed by atoms with Crippen LogP contribution in [-0.2, 0) is 0 Å². The molecule has 0 spiro atoms. The zero-order valence-corrected chi connectivity index (χ0v) is 5.94. The standard InChI is InChI=1S/C6H7N3O2/c1-7-6(10)11-5-8-3-2-4-9-5/h2-4H,1H3,(H,7,10). The minimum atomic E-state index is -0.573. The van der Waals surface area contributed by atoms with Crippen molar-refractivity contribution in [2.75, 3.05) is 7.05 Å². The van der Waals surface area contributed by atoms with Crippen LogP contribution in [0.4, 0.5) is 4.79 Å². The molecule has 11 heavy (non-hydrogen) atoms. The Bertz CT molecular complexity index is 237. The Kier molecular flexibility index (Phi) is 2.37. The number of nitrogens with one attached hydrogen (secondary N) is 1. The molecule has 0 saturated heterocycles. The molecule has 1 N–H and O–H groups in total. The number of nitrogens with zero attached hydrogens (tertiary/aromatic N) is 2. The first-order valence-corrected chi connectivity index (χ1v) is 2.99. The Morgan fingerprint density at radius 2 is 2.18 bits per heavy atom. The van der Waals surface area contributed by atoms with E-state index in [0.717, 1.165) is 0 Å². The summed E-state index contributed by atoms with van der Waals surface area (Å²) < 4.78 is 4.59. The quantitative estimate of drug-likeness (QED) is 0.625. The maximum absolute atomic E-state index is 10.6. The van der Waals surface area contributed by atoms with Crippen LogP contribution in [0.15, 0.2) is 18.5 Å². The number of aromatic nitrogens is 2. The lowest BCUT2D eigenvalue weighted by Gasteiger charge is -1.98. The Morgan fingerprint density at radius 1 is 1.55 bits per heavy atom. The molecule has 1 heterocycles. The Hall–Kier alpha value is -1.65. The van der Waals surface area contributed by atoms with Crippen molar-refractivity contribution in [1.82, 2.24) is 15.3 Å². The van der Waals surface area contributed by atoms with Crippen LogP contribution in [0.1, 0.15) is 0 Å². The maximum Gasteiger partial charge on any atom is 0.414 e. The topological polar surface area (TPSA) is 64.1 Å². The predicted molar refractivity (Wildman–Crippen MR) is 37.1 cm³/mol. The fourth-order valence-corrected chi connectivity index (χ4v) is 0.472. The Balaban J connectivity index is 2.58. The number of ether oxygens (including phenoxy) is 1. The van der Waals surface area contributed by atoms with Crippen molar-refractivity contribution in [1.29, 1.82) is 0 Å². The summed E-state index contributed by atoms with van der Waals surface area (Å²) in [5.74, 6) is 0. The van der Waals surface area contributed by atoms with Crippen molar-refractivity contribution >= 4 is 6.09 Å². The molecular weight excluding hydrogens is 146 g/mol. The second-order valence-electron chi connectivity index (χ2n) is 1.67. The van der Waals surface area contributed by atoms with Gasteiger partial charge >= 0.3 is 12.1 Å². The summed E-state index contributed by atoms with van der Waals surface area (Å²) in [6.07, 6.45) is 2.41. The molecule has 0 aliphatic rings. The smallest absolute Gasteiger partial charge is 0.374 e. The first-order valence-electron chi connectivity index (χ1n) is 2.99. The van der Waals surface area contributed by atoms with E-state index in [-0.39, 0.29) is 6.01 Å². The SMILES string of the molecule is CNC(=O)Oc1ncccn1. The van der Waals surface area contributed by atoms with Gasteiger partial charge in [0.05, 0.1) is 0 Å². The van der Waals surface area contributed by atoms with Gasteiger partial charge in [0.15, 0.2) is 0 Å². The van der Waals surface area contributed by atoms with Gasteiger partial charge in [-0.1, -0.05) is 0 Å². The molecule has 0 aromatic carbocycles. The molecule has 0 atom stereocenters. The van der Waals surface area contributed by atoms with Crippen LogP contribution in [0, 0.1) is 0 Å². The average molecular weight is 153 g/mol. The monoisotopic (exact) mass is 153 g/mol. The average Bonchev–Trinajstić information content (AvgIpc) is 2.06. The van der Waals surface area contributed by atoms with Crippen molar-refractivity contribution in [2.24, 2.45) is 0 Å². The van der Waals surface area contributed by atoms with Gasteiger partial charge in [-0.3, -0.25) is 0 Å². The van der Waals surface area contributed by atoms with Gasteiger partial charge in [0.1, 0.15) is 0 Å². The molecule has 5 nitrogen and oxygen atoms in total. The van der Waals surface area contributed by atoms with Gasteiger partial charge in [0.25, 0.3) is 0 Å². The molecule has 0 saturated carbocycles. The molecule has 1 amide bonds. The molecule has 0 radical (unpaired) electrons. The van der Waals surface area contributed by atoms with Gasteiger partial charge in [0, 0.05) is 19.4 Å². The normalized spacial score (nSPS) is 8.82. The van der Waals surface area contributed by atoms with Gasteiger partial charge in [-0.15, -0.1) is 0 Å². The van der Waals surface area contributed by atoms with Crippen molar-refractivity contribution in [3.05, 3.63) is 18.5 Å². The van der Waals surface area contributed by atoms with E-state index in [0.29, 0.717) is 0 Å². The lowest BCUT2D eigenvalue weighted by molar-refractivity contribution is 0.199. The predicted octanol–water partition coefficient (Wildman–Crippen LogP) is 0.195. The summed E-state index contributed by atoms with van der Waals surface area (Å²) in [6, 6.07) is 1.68. The van der Waals surface area contributed by atoms with Gasteiger partial charge in [-0.2, -0.15) is 0 Å². The number of hydrogen-bond donors (Lipinski definition) is 1. The second-order valence-corrected chi connectivity index (χ2v) is 1.67. The van der Waals surface area contributed by atoms with E-state index in [4.69, 9.17) is 0 Å². The molecule has 0 aliphatic carbocycles. The van der Waals surface area contributed by atoms with Crippen molar-refractivity contribution in [3.63, 3.8) is 0 Å². The lowest BCUT2D eigenvalue weighted by atomic mass is 10.7. The van der Waals surface area contributed by atoms with Crippen molar-refractivity contribution < 1.29 is 9.53 Å². The van der Waals surface area contributed by atoms with Crippen LogP contribution in [-0.4, -0.2) is 23.1 Å². The highest BCUT2D eigenvalue weighted by atomic mass is 16.6. The van der Waals surface area contributed by atoms with E-state index in [1.54, 1.807) is 6.07 Å². The number of amides is 1. The van der Waals surface area contributed by atoms with Gasteiger partial charge < -0.3 is 10.1 Å². The van der Waals surface area contributed by atoms with E-state index in [9.17, 15) is 4.79 Å². The summed E-state index contributed by atoms with van der Waals surface area (Å²) in [5, 5.41) is 2.27. The highest BCUT2D eigenvalue weighted by Crippen LogP contribution is 1.96. The number of rotatable bonds is 1. The maximum atomic E-state index is 10.6. The molecule has 58 valence electrons. The molecule has 0 bridgehead atoms. The van der Waals surface area contributed by atoms with Crippen LogP contribution in [0.5, 0.6) is 6.01 Å².